The fourth-order valence-electron chi connectivity index (χ4n) is 2.76. The molecule has 118 valence electrons. The summed E-state index contributed by atoms with van der Waals surface area (Å²) >= 11 is 0. The molecule has 2 N–H and O–H groups in total. The molecule has 0 fully saturated rings. The fourth-order valence-corrected chi connectivity index (χ4v) is 2.76. The van der Waals surface area contributed by atoms with E-state index in [-0.39, 0.29) is 12.0 Å². The van der Waals surface area contributed by atoms with E-state index in [1.807, 2.05) is 20.3 Å². The summed E-state index contributed by atoms with van der Waals surface area (Å²) in [5, 5.41) is 6.50. The zero-order valence-electron chi connectivity index (χ0n) is 13.2. The average Bonchev–Trinajstić information content (AvgIpc) is 3.06. The number of hydrogen-bond acceptors (Lipinski definition) is 5. The van der Waals surface area contributed by atoms with Crippen molar-refractivity contribution in [3.8, 4) is 0 Å². The number of aromatic nitrogens is 2. The van der Waals surface area contributed by atoms with E-state index in [1.165, 1.54) is 5.69 Å². The summed E-state index contributed by atoms with van der Waals surface area (Å²) in [6.45, 7) is 6.20. The zero-order valence-corrected chi connectivity index (χ0v) is 13.2. The van der Waals surface area contributed by atoms with Gasteiger partial charge in [0.1, 0.15) is 0 Å². The largest absolute Gasteiger partial charge is 0.465 e. The molecule has 21 heavy (non-hydrogen) atoms. The van der Waals surface area contributed by atoms with E-state index in [4.69, 9.17) is 4.74 Å². The maximum atomic E-state index is 12.3. The molecular formula is C15H26N4O2. The minimum atomic E-state index is -0.467. The normalized spacial score (nSPS) is 16.5. The lowest BCUT2D eigenvalue weighted by atomic mass is 10.1. The lowest BCUT2D eigenvalue weighted by molar-refractivity contribution is -0.146. The Morgan fingerprint density at radius 3 is 3.10 bits per heavy atom. The van der Waals surface area contributed by atoms with Gasteiger partial charge >= 0.3 is 5.97 Å². The molecule has 0 radical (unpaired) electrons. The van der Waals surface area contributed by atoms with Crippen LogP contribution in [-0.4, -0.2) is 41.8 Å². The molecule has 6 nitrogen and oxygen atoms in total. The maximum Gasteiger partial charge on any atom is 0.329 e. The highest BCUT2D eigenvalue weighted by atomic mass is 16.5. The molecule has 0 aromatic carbocycles. The van der Waals surface area contributed by atoms with E-state index >= 15 is 0 Å². The van der Waals surface area contributed by atoms with Crippen LogP contribution in [0.5, 0.6) is 0 Å². The van der Waals surface area contributed by atoms with Crippen LogP contribution in [0.15, 0.2) is 6.33 Å². The third-order valence-electron chi connectivity index (χ3n) is 3.87. The van der Waals surface area contributed by atoms with Crippen molar-refractivity contribution in [2.75, 3.05) is 20.2 Å². The molecule has 6 heteroatoms. The van der Waals surface area contributed by atoms with Gasteiger partial charge in [-0.2, -0.15) is 0 Å². The van der Waals surface area contributed by atoms with E-state index in [2.05, 4.69) is 27.1 Å². The van der Waals surface area contributed by atoms with Gasteiger partial charge in [0.15, 0.2) is 6.04 Å². The number of esters is 1. The van der Waals surface area contributed by atoms with Gasteiger partial charge in [-0.15, -0.1) is 0 Å². The smallest absolute Gasteiger partial charge is 0.329 e. The summed E-state index contributed by atoms with van der Waals surface area (Å²) in [5.74, 6) is -0.234. The first-order valence-electron chi connectivity index (χ1n) is 7.78. The van der Waals surface area contributed by atoms with Crippen LogP contribution in [0, 0.1) is 0 Å². The van der Waals surface area contributed by atoms with Crippen molar-refractivity contribution in [3.63, 3.8) is 0 Å². The van der Waals surface area contributed by atoms with Crippen molar-refractivity contribution in [2.24, 2.45) is 0 Å². The van der Waals surface area contributed by atoms with E-state index < -0.39 is 6.04 Å². The number of imidazole rings is 1. The first-order chi connectivity index (χ1) is 10.2. The van der Waals surface area contributed by atoms with Crippen LogP contribution in [0.3, 0.4) is 0 Å². The number of rotatable bonds is 8. The molecule has 2 unspecified atom stereocenters. The molecule has 2 heterocycles. The summed E-state index contributed by atoms with van der Waals surface area (Å²) in [4.78, 5) is 16.8. The Balaban J connectivity index is 2.13. The van der Waals surface area contributed by atoms with Crippen molar-refractivity contribution in [1.29, 1.82) is 0 Å². The van der Waals surface area contributed by atoms with Gasteiger partial charge in [-0.25, -0.2) is 9.78 Å². The Hall–Kier alpha value is -1.40. The number of aryl methyl sites for hydroxylation is 1. The second-order valence-electron chi connectivity index (χ2n) is 5.52. The predicted molar refractivity (Wildman–Crippen MR) is 81.1 cm³/mol. The van der Waals surface area contributed by atoms with Gasteiger partial charge in [-0.3, -0.25) is 5.32 Å². The standard InChI is InChI=1S/C15H26N4O2/c1-4-21-15(20)14(18-11(2)7-8-16-3)13-12-6-5-9-19(12)10-17-13/h10-11,14,16,18H,4-9H2,1-3H3. The zero-order chi connectivity index (χ0) is 15.2. The fraction of sp³-hybridized carbons (Fsp3) is 0.733. The maximum absolute atomic E-state index is 12.3. The Bertz CT molecular complexity index is 472. The van der Waals surface area contributed by atoms with Gasteiger partial charge in [0.25, 0.3) is 0 Å². The van der Waals surface area contributed by atoms with E-state index in [0.717, 1.165) is 38.0 Å². The van der Waals surface area contributed by atoms with Crippen molar-refractivity contribution in [2.45, 2.75) is 51.7 Å². The molecule has 0 spiro atoms. The number of carbonyl (C=O) groups is 1. The number of fused-ring (bicyclic) bond motifs is 1. The van der Waals surface area contributed by atoms with Gasteiger partial charge < -0.3 is 14.6 Å². The lowest BCUT2D eigenvalue weighted by Crippen LogP contribution is -2.38. The Morgan fingerprint density at radius 2 is 2.38 bits per heavy atom. The third kappa shape index (κ3) is 3.83. The summed E-state index contributed by atoms with van der Waals surface area (Å²) in [6, 6.07) is -0.253. The summed E-state index contributed by atoms with van der Waals surface area (Å²) in [7, 11) is 1.93. The molecule has 0 bridgehead atoms. The SMILES string of the molecule is CCOC(=O)C(NC(C)CCNC)c1ncn2c1CCC2. The molecular weight excluding hydrogens is 268 g/mol. The predicted octanol–water partition coefficient (Wildman–Crippen LogP) is 1.02. The lowest BCUT2D eigenvalue weighted by Gasteiger charge is -2.21. The Morgan fingerprint density at radius 1 is 1.57 bits per heavy atom. The average molecular weight is 294 g/mol. The second-order valence-corrected chi connectivity index (χ2v) is 5.52. The topological polar surface area (TPSA) is 68.2 Å². The molecule has 2 atom stereocenters. The number of nitrogens with one attached hydrogen (secondary N) is 2. The monoisotopic (exact) mass is 294 g/mol. The van der Waals surface area contributed by atoms with Crippen LogP contribution >= 0.6 is 0 Å². The molecule has 1 aromatic rings. The number of carbonyl (C=O) groups excluding carboxylic acids is 1. The molecule has 0 saturated carbocycles. The number of ether oxygens (including phenoxy) is 1. The van der Waals surface area contributed by atoms with Crippen LogP contribution in [-0.2, 0) is 22.5 Å². The highest BCUT2D eigenvalue weighted by Gasteiger charge is 2.30. The van der Waals surface area contributed by atoms with Crippen LogP contribution in [0.1, 0.15) is 44.1 Å². The first kappa shape index (κ1) is 16.0. The van der Waals surface area contributed by atoms with E-state index in [1.54, 1.807) is 0 Å². The molecule has 2 rings (SSSR count). The summed E-state index contributed by atoms with van der Waals surface area (Å²) < 4.78 is 7.37. The van der Waals surface area contributed by atoms with Gasteiger partial charge in [0, 0.05) is 18.3 Å². The van der Waals surface area contributed by atoms with Crippen molar-refractivity contribution in [1.82, 2.24) is 20.2 Å². The highest BCUT2D eigenvalue weighted by Crippen LogP contribution is 2.24. The molecule has 0 saturated heterocycles. The van der Waals surface area contributed by atoms with Crippen LogP contribution in [0.4, 0.5) is 0 Å². The summed E-state index contributed by atoms with van der Waals surface area (Å²) in [5.41, 5.74) is 2.00. The third-order valence-corrected chi connectivity index (χ3v) is 3.87. The van der Waals surface area contributed by atoms with Crippen molar-refractivity contribution in [3.05, 3.63) is 17.7 Å². The molecule has 1 aliphatic heterocycles. The van der Waals surface area contributed by atoms with E-state index in [0.29, 0.717) is 6.61 Å². The Kier molecular flexibility index (Phi) is 5.76. The van der Waals surface area contributed by atoms with Crippen molar-refractivity contribution >= 4 is 5.97 Å². The first-order valence-corrected chi connectivity index (χ1v) is 7.78. The molecule has 1 aliphatic rings. The number of nitrogens with zero attached hydrogens (tertiary/aromatic N) is 2. The molecule has 1 aromatic heterocycles. The minimum Gasteiger partial charge on any atom is -0.465 e. The highest BCUT2D eigenvalue weighted by molar-refractivity contribution is 5.77. The van der Waals surface area contributed by atoms with Crippen LogP contribution < -0.4 is 10.6 Å². The minimum absolute atomic E-state index is 0.214. The second kappa shape index (κ2) is 7.56. The Labute approximate surface area is 126 Å². The van der Waals surface area contributed by atoms with Gasteiger partial charge in [0.2, 0.25) is 0 Å². The van der Waals surface area contributed by atoms with Gasteiger partial charge in [-0.1, -0.05) is 0 Å². The van der Waals surface area contributed by atoms with E-state index in [9.17, 15) is 4.79 Å². The quantitative estimate of drug-likeness (QED) is 0.701. The molecule has 0 amide bonds. The number of hydrogen-bond donors (Lipinski definition) is 2. The van der Waals surface area contributed by atoms with Crippen molar-refractivity contribution < 1.29 is 9.53 Å². The molecule has 0 aliphatic carbocycles. The summed E-state index contributed by atoms with van der Waals surface area (Å²) in [6.07, 6.45) is 4.89. The van der Waals surface area contributed by atoms with Crippen LogP contribution in [0.2, 0.25) is 0 Å². The van der Waals surface area contributed by atoms with Crippen LogP contribution in [0.25, 0.3) is 0 Å². The van der Waals surface area contributed by atoms with Gasteiger partial charge in [0.05, 0.1) is 18.6 Å². The van der Waals surface area contributed by atoms with Gasteiger partial charge in [-0.05, 0) is 46.7 Å².